The van der Waals surface area contributed by atoms with Crippen molar-refractivity contribution >= 4 is 11.8 Å². The maximum Gasteiger partial charge on any atom is 0.303 e. The van der Waals surface area contributed by atoms with Gasteiger partial charge in [-0.2, -0.15) is 0 Å². The second kappa shape index (κ2) is 8.73. The minimum Gasteiger partial charge on any atom is -0.481 e. The fourth-order valence-corrected chi connectivity index (χ4v) is 1.30. The highest BCUT2D eigenvalue weighted by atomic mass is 16.4. The van der Waals surface area contributed by atoms with E-state index in [1.54, 1.807) is 0 Å². The largest absolute Gasteiger partial charge is 0.481 e. The van der Waals surface area contributed by atoms with E-state index in [1.807, 2.05) is 0 Å². The van der Waals surface area contributed by atoms with Crippen molar-refractivity contribution in [3.05, 3.63) is 0 Å². The smallest absolute Gasteiger partial charge is 0.303 e. The SMILES string of the molecule is CCCCCCCC(=O)CCC(=O)O. The van der Waals surface area contributed by atoms with Gasteiger partial charge in [-0.05, 0) is 6.42 Å². The normalized spacial score (nSPS) is 10.1. The third-order valence-electron chi connectivity index (χ3n) is 2.18. The molecule has 82 valence electrons. The first-order valence-electron chi connectivity index (χ1n) is 5.40. The Morgan fingerprint density at radius 3 is 2.14 bits per heavy atom. The second-order valence-electron chi connectivity index (χ2n) is 3.60. The average molecular weight is 200 g/mol. The van der Waals surface area contributed by atoms with Crippen LogP contribution in [0.15, 0.2) is 0 Å². The van der Waals surface area contributed by atoms with Crippen LogP contribution in [-0.2, 0) is 9.59 Å². The van der Waals surface area contributed by atoms with Gasteiger partial charge >= 0.3 is 5.97 Å². The Morgan fingerprint density at radius 2 is 1.57 bits per heavy atom. The molecular weight excluding hydrogens is 180 g/mol. The molecule has 0 heterocycles. The summed E-state index contributed by atoms with van der Waals surface area (Å²) in [7, 11) is 0. The number of carboxylic acid groups (broad SMARTS) is 1. The zero-order valence-electron chi connectivity index (χ0n) is 8.92. The maximum absolute atomic E-state index is 11.1. The van der Waals surface area contributed by atoms with E-state index in [0.29, 0.717) is 6.42 Å². The molecule has 1 N–H and O–H groups in total. The van der Waals surface area contributed by atoms with Crippen LogP contribution in [0.2, 0.25) is 0 Å². The van der Waals surface area contributed by atoms with Crippen LogP contribution in [-0.4, -0.2) is 16.9 Å². The van der Waals surface area contributed by atoms with Crippen molar-refractivity contribution in [2.75, 3.05) is 0 Å². The third-order valence-corrected chi connectivity index (χ3v) is 2.18. The van der Waals surface area contributed by atoms with Gasteiger partial charge in [0.25, 0.3) is 0 Å². The number of rotatable bonds is 9. The van der Waals surface area contributed by atoms with E-state index in [2.05, 4.69) is 6.92 Å². The minimum absolute atomic E-state index is 0.0200. The van der Waals surface area contributed by atoms with Crippen molar-refractivity contribution in [1.82, 2.24) is 0 Å². The van der Waals surface area contributed by atoms with Crippen molar-refractivity contribution in [2.45, 2.75) is 58.3 Å². The van der Waals surface area contributed by atoms with Gasteiger partial charge in [0.1, 0.15) is 5.78 Å². The molecule has 0 radical (unpaired) electrons. The Hall–Kier alpha value is -0.860. The summed E-state index contributed by atoms with van der Waals surface area (Å²) in [6.45, 7) is 2.15. The molecule has 0 aliphatic carbocycles. The van der Waals surface area contributed by atoms with Crippen molar-refractivity contribution in [3.8, 4) is 0 Å². The van der Waals surface area contributed by atoms with Crippen LogP contribution in [0, 0.1) is 0 Å². The van der Waals surface area contributed by atoms with Gasteiger partial charge < -0.3 is 5.11 Å². The van der Waals surface area contributed by atoms with E-state index in [-0.39, 0.29) is 18.6 Å². The van der Waals surface area contributed by atoms with E-state index in [9.17, 15) is 9.59 Å². The van der Waals surface area contributed by atoms with Crippen LogP contribution in [0.5, 0.6) is 0 Å². The summed E-state index contributed by atoms with van der Waals surface area (Å²) in [6, 6.07) is 0. The second-order valence-corrected chi connectivity index (χ2v) is 3.60. The third kappa shape index (κ3) is 9.23. The van der Waals surface area contributed by atoms with Gasteiger partial charge in [-0.25, -0.2) is 0 Å². The molecular formula is C11H20O3. The molecule has 3 nitrogen and oxygen atoms in total. The Labute approximate surface area is 85.5 Å². The average Bonchev–Trinajstić information content (AvgIpc) is 2.14. The lowest BCUT2D eigenvalue weighted by atomic mass is 10.1. The first-order valence-corrected chi connectivity index (χ1v) is 5.40. The van der Waals surface area contributed by atoms with Gasteiger partial charge in [0.05, 0.1) is 6.42 Å². The summed E-state index contributed by atoms with van der Waals surface area (Å²) in [4.78, 5) is 21.3. The van der Waals surface area contributed by atoms with Gasteiger partial charge in [-0.3, -0.25) is 9.59 Å². The molecule has 0 aromatic carbocycles. The topological polar surface area (TPSA) is 54.4 Å². The summed E-state index contributed by atoms with van der Waals surface area (Å²) in [6.07, 6.45) is 6.35. The molecule has 0 saturated heterocycles. The molecule has 0 fully saturated rings. The standard InChI is InChI=1S/C11H20O3/c1-2-3-4-5-6-7-10(12)8-9-11(13)14/h2-9H2,1H3,(H,13,14). The van der Waals surface area contributed by atoms with E-state index in [4.69, 9.17) is 5.11 Å². The Kier molecular flexibility index (Phi) is 8.19. The fourth-order valence-electron chi connectivity index (χ4n) is 1.30. The van der Waals surface area contributed by atoms with Crippen LogP contribution in [0.1, 0.15) is 58.3 Å². The molecule has 3 heteroatoms. The Bertz CT molecular complexity index is 175. The molecule has 0 rings (SSSR count). The first-order chi connectivity index (χ1) is 6.66. The van der Waals surface area contributed by atoms with Crippen molar-refractivity contribution in [1.29, 1.82) is 0 Å². The summed E-state index contributed by atoms with van der Waals surface area (Å²) >= 11 is 0. The number of carboxylic acids is 1. The number of unbranched alkanes of at least 4 members (excludes halogenated alkanes) is 4. The maximum atomic E-state index is 11.1. The van der Waals surface area contributed by atoms with Gasteiger partial charge in [-0.15, -0.1) is 0 Å². The summed E-state index contributed by atoms with van der Waals surface area (Å²) in [5.74, 6) is -0.798. The summed E-state index contributed by atoms with van der Waals surface area (Å²) in [5.41, 5.74) is 0. The first kappa shape index (κ1) is 13.1. The highest BCUT2D eigenvalue weighted by molar-refractivity contribution is 5.82. The molecule has 0 spiro atoms. The molecule has 14 heavy (non-hydrogen) atoms. The van der Waals surface area contributed by atoms with Gasteiger partial charge in [-0.1, -0.05) is 32.6 Å². The molecule has 0 atom stereocenters. The predicted molar refractivity (Wildman–Crippen MR) is 55.3 cm³/mol. The van der Waals surface area contributed by atoms with Crippen LogP contribution in [0.25, 0.3) is 0 Å². The number of hydrogen-bond acceptors (Lipinski definition) is 2. The zero-order valence-corrected chi connectivity index (χ0v) is 8.92. The van der Waals surface area contributed by atoms with Crippen molar-refractivity contribution < 1.29 is 14.7 Å². The molecule has 0 bridgehead atoms. The molecule has 0 unspecified atom stereocenters. The number of carbonyl (C=O) groups excluding carboxylic acids is 1. The van der Waals surface area contributed by atoms with Gasteiger partial charge in [0.2, 0.25) is 0 Å². The van der Waals surface area contributed by atoms with E-state index < -0.39 is 5.97 Å². The summed E-state index contributed by atoms with van der Waals surface area (Å²) < 4.78 is 0. The molecule has 0 aliphatic heterocycles. The molecule has 0 amide bonds. The van der Waals surface area contributed by atoms with Crippen LogP contribution in [0.4, 0.5) is 0 Å². The highest BCUT2D eigenvalue weighted by Gasteiger charge is 2.04. The quantitative estimate of drug-likeness (QED) is 0.582. The monoisotopic (exact) mass is 200 g/mol. The lowest BCUT2D eigenvalue weighted by molar-refractivity contribution is -0.138. The highest BCUT2D eigenvalue weighted by Crippen LogP contribution is 2.07. The fraction of sp³-hybridized carbons (Fsp3) is 0.818. The van der Waals surface area contributed by atoms with Crippen molar-refractivity contribution in [2.24, 2.45) is 0 Å². The minimum atomic E-state index is -0.885. The van der Waals surface area contributed by atoms with Gasteiger partial charge in [0.15, 0.2) is 0 Å². The molecule has 0 aromatic rings. The van der Waals surface area contributed by atoms with Crippen LogP contribution in [0.3, 0.4) is 0 Å². The lowest BCUT2D eigenvalue weighted by Gasteiger charge is -1.99. The molecule has 0 aromatic heterocycles. The Balaban J connectivity index is 3.22. The Morgan fingerprint density at radius 1 is 0.929 bits per heavy atom. The van der Waals surface area contributed by atoms with Crippen LogP contribution >= 0.6 is 0 Å². The lowest BCUT2D eigenvalue weighted by Crippen LogP contribution is -2.02. The zero-order chi connectivity index (χ0) is 10.8. The van der Waals surface area contributed by atoms with Gasteiger partial charge in [0, 0.05) is 12.8 Å². The van der Waals surface area contributed by atoms with Crippen molar-refractivity contribution in [3.63, 3.8) is 0 Å². The number of ketones is 1. The van der Waals surface area contributed by atoms with E-state index in [1.165, 1.54) is 19.3 Å². The number of Topliss-reactive ketones (excluding diaryl/α,β-unsaturated/α-hetero) is 1. The number of aliphatic carboxylic acids is 1. The molecule has 0 aliphatic rings. The van der Waals surface area contributed by atoms with E-state index in [0.717, 1.165) is 12.8 Å². The molecule has 0 saturated carbocycles. The van der Waals surface area contributed by atoms with E-state index >= 15 is 0 Å². The number of hydrogen-bond donors (Lipinski definition) is 1. The number of carbonyl (C=O) groups is 2. The summed E-state index contributed by atoms with van der Waals surface area (Å²) in [5, 5.41) is 8.35. The van der Waals surface area contributed by atoms with Crippen LogP contribution < -0.4 is 0 Å². The predicted octanol–water partition coefficient (Wildman–Crippen LogP) is 2.78.